The number of carbonyl (C=O) groups excluding carboxylic acids is 2. The van der Waals surface area contributed by atoms with Crippen LogP contribution in [0.15, 0.2) is 23.1 Å². The molecule has 0 heterocycles. The van der Waals surface area contributed by atoms with Crippen LogP contribution in [0.5, 0.6) is 0 Å². The number of nitro benzene ring substituents is 1. The Bertz CT molecular complexity index is 589. The molecule has 0 aliphatic carbocycles. The summed E-state index contributed by atoms with van der Waals surface area (Å²) < 4.78 is 4.79. The first-order valence-corrected chi connectivity index (χ1v) is 8.18. The SMILES string of the molecule is CCOC(=O)CSc1ccc(C(=O)NCC(C)C)cc1[N+](=O)[O-]. The van der Waals surface area contributed by atoms with E-state index in [1.54, 1.807) is 6.92 Å². The first-order valence-electron chi connectivity index (χ1n) is 7.20. The molecule has 0 saturated heterocycles. The fourth-order valence-corrected chi connectivity index (χ4v) is 2.46. The lowest BCUT2D eigenvalue weighted by Crippen LogP contribution is -2.27. The van der Waals surface area contributed by atoms with Crippen molar-refractivity contribution in [3.63, 3.8) is 0 Å². The number of ether oxygens (including phenoxy) is 1. The van der Waals surface area contributed by atoms with Crippen LogP contribution in [0.4, 0.5) is 5.69 Å². The number of hydrogen-bond donors (Lipinski definition) is 1. The highest BCUT2D eigenvalue weighted by atomic mass is 32.2. The van der Waals surface area contributed by atoms with E-state index >= 15 is 0 Å². The lowest BCUT2D eigenvalue weighted by atomic mass is 10.1. The Morgan fingerprint density at radius 3 is 2.65 bits per heavy atom. The highest BCUT2D eigenvalue weighted by Gasteiger charge is 2.19. The zero-order valence-corrected chi connectivity index (χ0v) is 14.1. The summed E-state index contributed by atoms with van der Waals surface area (Å²) in [6.45, 7) is 6.35. The van der Waals surface area contributed by atoms with Crippen molar-refractivity contribution in [3.05, 3.63) is 33.9 Å². The van der Waals surface area contributed by atoms with Crippen LogP contribution in [-0.2, 0) is 9.53 Å². The van der Waals surface area contributed by atoms with Gasteiger partial charge in [-0.2, -0.15) is 0 Å². The molecule has 0 spiro atoms. The third-order valence-corrected chi connectivity index (χ3v) is 3.78. The fraction of sp³-hybridized carbons (Fsp3) is 0.467. The maximum absolute atomic E-state index is 12.0. The van der Waals surface area contributed by atoms with E-state index in [1.165, 1.54) is 18.2 Å². The topological polar surface area (TPSA) is 98.5 Å². The molecule has 0 bridgehead atoms. The Morgan fingerprint density at radius 2 is 2.09 bits per heavy atom. The Kier molecular flexibility index (Phi) is 7.53. The van der Waals surface area contributed by atoms with Crippen molar-refractivity contribution >= 4 is 29.3 Å². The lowest BCUT2D eigenvalue weighted by Gasteiger charge is -2.09. The predicted molar refractivity (Wildman–Crippen MR) is 87.6 cm³/mol. The first kappa shape index (κ1) is 19.0. The van der Waals surface area contributed by atoms with Gasteiger partial charge in [-0.05, 0) is 25.0 Å². The fourth-order valence-electron chi connectivity index (χ4n) is 1.66. The molecular weight excluding hydrogens is 320 g/mol. The number of nitro groups is 1. The molecule has 8 heteroatoms. The molecule has 1 N–H and O–H groups in total. The number of rotatable bonds is 8. The molecule has 0 unspecified atom stereocenters. The van der Waals surface area contributed by atoms with Gasteiger partial charge in [-0.1, -0.05) is 13.8 Å². The minimum atomic E-state index is -0.563. The second-order valence-electron chi connectivity index (χ2n) is 5.14. The molecule has 7 nitrogen and oxygen atoms in total. The van der Waals surface area contributed by atoms with Crippen molar-refractivity contribution in [1.82, 2.24) is 5.32 Å². The smallest absolute Gasteiger partial charge is 0.316 e. The van der Waals surface area contributed by atoms with Gasteiger partial charge in [-0.3, -0.25) is 19.7 Å². The summed E-state index contributed by atoms with van der Waals surface area (Å²) in [6.07, 6.45) is 0. The van der Waals surface area contributed by atoms with Gasteiger partial charge < -0.3 is 10.1 Å². The molecule has 0 fully saturated rings. The van der Waals surface area contributed by atoms with Crippen LogP contribution in [0.25, 0.3) is 0 Å². The lowest BCUT2D eigenvalue weighted by molar-refractivity contribution is -0.387. The zero-order valence-electron chi connectivity index (χ0n) is 13.3. The third kappa shape index (κ3) is 6.27. The standard InChI is InChI=1S/C15H20N2O5S/c1-4-22-14(18)9-23-13-6-5-11(7-12(13)17(20)21)15(19)16-8-10(2)3/h5-7,10H,4,8-9H2,1-3H3,(H,16,19). The van der Waals surface area contributed by atoms with Gasteiger partial charge in [0, 0.05) is 18.2 Å². The third-order valence-electron chi connectivity index (χ3n) is 2.74. The van der Waals surface area contributed by atoms with Crippen LogP contribution in [0, 0.1) is 16.0 Å². The highest BCUT2D eigenvalue weighted by Crippen LogP contribution is 2.30. The van der Waals surface area contributed by atoms with Crippen LogP contribution in [-0.4, -0.2) is 35.7 Å². The summed E-state index contributed by atoms with van der Waals surface area (Å²) in [5.41, 5.74) is 0.0225. The van der Waals surface area contributed by atoms with Crippen molar-refractivity contribution in [1.29, 1.82) is 0 Å². The minimum absolute atomic E-state index is 0.0203. The van der Waals surface area contributed by atoms with E-state index in [-0.39, 0.29) is 35.4 Å². The number of hydrogen-bond acceptors (Lipinski definition) is 6. The van der Waals surface area contributed by atoms with Gasteiger partial charge in [0.15, 0.2) is 0 Å². The summed E-state index contributed by atoms with van der Waals surface area (Å²) in [6, 6.07) is 4.21. The van der Waals surface area contributed by atoms with Gasteiger partial charge in [0.25, 0.3) is 11.6 Å². The number of nitrogens with one attached hydrogen (secondary N) is 1. The Balaban J connectivity index is 2.87. The Hall–Kier alpha value is -2.09. The van der Waals surface area contributed by atoms with E-state index in [0.717, 1.165) is 11.8 Å². The van der Waals surface area contributed by atoms with Crippen molar-refractivity contribution in [2.75, 3.05) is 18.9 Å². The molecular formula is C15H20N2O5S. The van der Waals surface area contributed by atoms with E-state index < -0.39 is 10.9 Å². The maximum Gasteiger partial charge on any atom is 0.316 e. The van der Waals surface area contributed by atoms with Crippen LogP contribution < -0.4 is 5.32 Å². The molecule has 0 saturated carbocycles. The van der Waals surface area contributed by atoms with Crippen LogP contribution in [0.2, 0.25) is 0 Å². The Morgan fingerprint density at radius 1 is 1.39 bits per heavy atom. The van der Waals surface area contributed by atoms with Crippen molar-refractivity contribution in [2.24, 2.45) is 5.92 Å². The summed E-state index contributed by atoms with van der Waals surface area (Å²) in [4.78, 5) is 34.3. The van der Waals surface area contributed by atoms with Crippen LogP contribution in [0.1, 0.15) is 31.1 Å². The molecule has 1 amide bonds. The van der Waals surface area contributed by atoms with Crippen LogP contribution >= 0.6 is 11.8 Å². The summed E-state index contributed by atoms with van der Waals surface area (Å²) in [5.74, 6) is -0.532. The zero-order chi connectivity index (χ0) is 17.4. The summed E-state index contributed by atoms with van der Waals surface area (Å²) in [7, 11) is 0. The number of esters is 1. The number of thioether (sulfide) groups is 1. The van der Waals surface area contributed by atoms with Gasteiger partial charge >= 0.3 is 5.97 Å². The number of amides is 1. The number of carbonyl (C=O) groups is 2. The average Bonchev–Trinajstić information content (AvgIpc) is 2.50. The molecule has 0 aliphatic heterocycles. The normalized spacial score (nSPS) is 10.4. The largest absolute Gasteiger partial charge is 0.465 e. The molecule has 1 aromatic rings. The molecule has 0 aliphatic rings. The van der Waals surface area contributed by atoms with Gasteiger partial charge in [-0.15, -0.1) is 11.8 Å². The van der Waals surface area contributed by atoms with Gasteiger partial charge in [-0.25, -0.2) is 0 Å². The van der Waals surface area contributed by atoms with E-state index in [9.17, 15) is 19.7 Å². The van der Waals surface area contributed by atoms with Gasteiger partial charge in [0.05, 0.1) is 22.2 Å². The molecule has 23 heavy (non-hydrogen) atoms. The summed E-state index contributed by atoms with van der Waals surface area (Å²) in [5, 5.41) is 13.9. The molecule has 0 aromatic heterocycles. The van der Waals surface area contributed by atoms with E-state index in [1.807, 2.05) is 13.8 Å². The minimum Gasteiger partial charge on any atom is -0.465 e. The number of benzene rings is 1. The molecule has 126 valence electrons. The number of nitrogens with zero attached hydrogens (tertiary/aromatic N) is 1. The molecule has 0 radical (unpaired) electrons. The average molecular weight is 340 g/mol. The van der Waals surface area contributed by atoms with Crippen molar-refractivity contribution in [2.45, 2.75) is 25.7 Å². The van der Waals surface area contributed by atoms with E-state index in [4.69, 9.17) is 4.74 Å². The predicted octanol–water partition coefficient (Wildman–Crippen LogP) is 2.64. The van der Waals surface area contributed by atoms with Crippen molar-refractivity contribution in [3.8, 4) is 0 Å². The second-order valence-corrected chi connectivity index (χ2v) is 6.15. The van der Waals surface area contributed by atoms with E-state index in [2.05, 4.69) is 5.32 Å². The Labute approximate surface area is 138 Å². The maximum atomic E-state index is 12.0. The second kappa shape index (κ2) is 9.14. The molecule has 0 atom stereocenters. The molecule has 1 rings (SSSR count). The summed E-state index contributed by atoms with van der Waals surface area (Å²) >= 11 is 1.01. The van der Waals surface area contributed by atoms with Crippen molar-refractivity contribution < 1.29 is 19.2 Å². The monoisotopic (exact) mass is 340 g/mol. The van der Waals surface area contributed by atoms with Gasteiger partial charge in [0.1, 0.15) is 0 Å². The highest BCUT2D eigenvalue weighted by molar-refractivity contribution is 8.00. The van der Waals surface area contributed by atoms with E-state index in [0.29, 0.717) is 11.4 Å². The van der Waals surface area contributed by atoms with Crippen LogP contribution in [0.3, 0.4) is 0 Å². The first-order chi connectivity index (χ1) is 10.8. The van der Waals surface area contributed by atoms with Gasteiger partial charge in [0.2, 0.25) is 0 Å². The molecule has 1 aromatic carbocycles. The quantitative estimate of drug-likeness (QED) is 0.338.